The van der Waals surface area contributed by atoms with Crippen LogP contribution in [-0.2, 0) is 30.4 Å². The van der Waals surface area contributed by atoms with Gasteiger partial charge in [-0.25, -0.2) is 18.7 Å². The van der Waals surface area contributed by atoms with E-state index in [1.165, 1.54) is 17.2 Å². The second-order valence-corrected chi connectivity index (χ2v) is 10.1. The molecular weight excluding hydrogens is 577 g/mol. The summed E-state index contributed by atoms with van der Waals surface area (Å²) in [6.45, 7) is 3.10. The molecule has 232 valence electrons. The van der Waals surface area contributed by atoms with E-state index in [1.54, 1.807) is 48.3 Å². The van der Waals surface area contributed by atoms with Crippen LogP contribution < -0.4 is 10.2 Å². The van der Waals surface area contributed by atoms with Crippen molar-refractivity contribution in [1.29, 1.82) is 0 Å². The summed E-state index contributed by atoms with van der Waals surface area (Å²) in [4.78, 5) is 46.9. The van der Waals surface area contributed by atoms with Gasteiger partial charge in [0.15, 0.2) is 6.10 Å². The van der Waals surface area contributed by atoms with Crippen molar-refractivity contribution >= 4 is 29.6 Å². The minimum absolute atomic E-state index is 0.0499. The van der Waals surface area contributed by atoms with Crippen molar-refractivity contribution in [2.24, 2.45) is 5.16 Å². The van der Waals surface area contributed by atoms with Gasteiger partial charge in [-0.05, 0) is 44.0 Å². The molecule has 4 heterocycles. The summed E-state index contributed by atoms with van der Waals surface area (Å²) in [7, 11) is 0. The first-order chi connectivity index (χ1) is 21.4. The Balaban J connectivity index is 1.07. The van der Waals surface area contributed by atoms with Crippen molar-refractivity contribution < 1.29 is 37.8 Å². The molecule has 0 bridgehead atoms. The molecule has 2 amide bonds. The van der Waals surface area contributed by atoms with Gasteiger partial charge in [0, 0.05) is 42.9 Å². The van der Waals surface area contributed by atoms with Crippen molar-refractivity contribution in [1.82, 2.24) is 25.3 Å². The Labute approximate surface area is 252 Å². The molecule has 0 unspecified atom stereocenters. The lowest BCUT2D eigenvalue weighted by Gasteiger charge is -2.14. The molecule has 2 atom stereocenters. The summed E-state index contributed by atoms with van der Waals surface area (Å²) in [5, 5.41) is 14.3. The van der Waals surface area contributed by atoms with E-state index in [0.29, 0.717) is 67.2 Å². The van der Waals surface area contributed by atoms with Gasteiger partial charge in [0.05, 0.1) is 37.3 Å². The Morgan fingerprint density at radius 2 is 2.05 bits per heavy atom. The number of amides is 2. The summed E-state index contributed by atoms with van der Waals surface area (Å²) in [6, 6.07) is 7.99. The Bertz CT molecular complexity index is 1480. The van der Waals surface area contributed by atoms with Crippen LogP contribution in [0.1, 0.15) is 38.3 Å². The third-order valence-corrected chi connectivity index (χ3v) is 6.89. The van der Waals surface area contributed by atoms with Gasteiger partial charge in [-0.1, -0.05) is 16.4 Å². The molecule has 5 rings (SSSR count). The number of esters is 1. The van der Waals surface area contributed by atoms with Crippen LogP contribution in [0.15, 0.2) is 54.1 Å². The molecule has 0 spiro atoms. The number of carbonyl (C=O) groups excluding carboxylic acids is 3. The maximum absolute atomic E-state index is 15.2. The molecule has 2 aromatic heterocycles. The van der Waals surface area contributed by atoms with E-state index in [4.69, 9.17) is 19.0 Å². The fraction of sp³-hybridized carbons (Fsp3) is 0.414. The number of nitrogens with zero attached hydrogens (tertiary/aromatic N) is 6. The van der Waals surface area contributed by atoms with E-state index in [1.807, 2.05) is 0 Å². The highest BCUT2D eigenvalue weighted by Crippen LogP contribution is 2.29. The maximum atomic E-state index is 15.2. The number of carbonyl (C=O) groups is 3. The largest absolute Gasteiger partial charge is 0.462 e. The Kier molecular flexibility index (Phi) is 9.94. The number of aromatic nitrogens is 4. The average molecular weight is 610 g/mol. The number of cyclic esters (lactones) is 1. The van der Waals surface area contributed by atoms with Crippen LogP contribution in [0.25, 0.3) is 11.1 Å². The van der Waals surface area contributed by atoms with Crippen molar-refractivity contribution in [2.45, 2.75) is 51.4 Å². The third-order valence-electron chi connectivity index (χ3n) is 6.89. The molecule has 1 fully saturated rings. The molecular formula is C29H32FN7O7. The molecule has 1 N–H and O–H groups in total. The standard InChI is InChI=1S/C29H32FN7O7/c1-2-41-28(39)31-10-4-3-5-27(38)42-18-21-14-26(34-44-21)25-9-6-19(15-32-25)23-8-7-20(13-24(23)30)37-17-22(43-29(37)40)16-36-12-11-33-35-36/h6-9,11-13,15,21-22H,2-5,10,14,16-18H2,1H3,(H,31,39)/t21-,22-/m0/s1. The van der Waals surface area contributed by atoms with Crippen LogP contribution in [0.2, 0.25) is 0 Å². The van der Waals surface area contributed by atoms with E-state index in [9.17, 15) is 14.4 Å². The van der Waals surface area contributed by atoms with Crippen LogP contribution >= 0.6 is 0 Å². The number of nitrogens with one attached hydrogen (secondary N) is 1. The SMILES string of the molecule is CCOC(=O)NCCCCC(=O)OC[C@@H]1CC(c2ccc(-c3ccc(N4C[C@H](Cn5ccnn5)OC4=O)cc3F)cn2)=NO1. The van der Waals surface area contributed by atoms with Crippen molar-refractivity contribution in [3.63, 3.8) is 0 Å². The summed E-state index contributed by atoms with van der Waals surface area (Å²) < 4.78 is 32.2. The Morgan fingerprint density at radius 1 is 1.16 bits per heavy atom. The summed E-state index contributed by atoms with van der Waals surface area (Å²) in [6.07, 6.45) is 4.66. The van der Waals surface area contributed by atoms with Crippen LogP contribution in [0.4, 0.5) is 19.7 Å². The predicted octanol–water partition coefficient (Wildman–Crippen LogP) is 3.46. The molecule has 15 heteroatoms. The first-order valence-corrected chi connectivity index (χ1v) is 14.3. The molecule has 1 aromatic carbocycles. The lowest BCUT2D eigenvalue weighted by atomic mass is 10.0. The maximum Gasteiger partial charge on any atom is 0.414 e. The van der Waals surface area contributed by atoms with Gasteiger partial charge in [0.25, 0.3) is 0 Å². The molecule has 3 aromatic rings. The van der Waals surface area contributed by atoms with Gasteiger partial charge in [-0.15, -0.1) is 5.10 Å². The monoisotopic (exact) mass is 609 g/mol. The van der Waals surface area contributed by atoms with Gasteiger partial charge >= 0.3 is 18.2 Å². The molecule has 2 aliphatic heterocycles. The first-order valence-electron chi connectivity index (χ1n) is 14.3. The Hall–Kier alpha value is -5.08. The second-order valence-electron chi connectivity index (χ2n) is 10.1. The van der Waals surface area contributed by atoms with Crippen LogP contribution in [-0.4, -0.2) is 82.4 Å². The number of oxime groups is 1. The predicted molar refractivity (Wildman–Crippen MR) is 153 cm³/mol. The molecule has 44 heavy (non-hydrogen) atoms. The number of hydrogen-bond acceptors (Lipinski definition) is 11. The molecule has 0 aliphatic carbocycles. The lowest BCUT2D eigenvalue weighted by Crippen LogP contribution is -2.26. The molecule has 14 nitrogen and oxygen atoms in total. The van der Waals surface area contributed by atoms with Crippen LogP contribution in [0.5, 0.6) is 0 Å². The Morgan fingerprint density at radius 3 is 2.80 bits per heavy atom. The number of benzene rings is 1. The van der Waals surface area contributed by atoms with E-state index in [0.717, 1.165) is 0 Å². The number of hydrogen-bond donors (Lipinski definition) is 1. The highest BCUT2D eigenvalue weighted by molar-refractivity contribution is 5.99. The van der Waals surface area contributed by atoms with E-state index in [-0.39, 0.29) is 25.5 Å². The third kappa shape index (κ3) is 7.85. The summed E-state index contributed by atoms with van der Waals surface area (Å²) in [5.41, 5.74) is 2.41. The number of anilines is 1. The minimum Gasteiger partial charge on any atom is -0.462 e. The number of rotatable bonds is 13. The van der Waals surface area contributed by atoms with Gasteiger partial charge in [0.2, 0.25) is 0 Å². The minimum atomic E-state index is -0.554. The average Bonchev–Trinajstić information content (AvgIpc) is 3.78. The number of alkyl carbamates (subject to hydrolysis) is 1. The molecule has 0 radical (unpaired) electrons. The topological polar surface area (TPSA) is 159 Å². The molecule has 2 aliphatic rings. The number of pyridine rings is 1. The summed E-state index contributed by atoms with van der Waals surface area (Å²) in [5.74, 6) is -0.870. The van der Waals surface area contributed by atoms with Gasteiger partial charge in [-0.2, -0.15) is 0 Å². The lowest BCUT2D eigenvalue weighted by molar-refractivity contribution is -0.147. The van der Waals surface area contributed by atoms with Gasteiger partial charge in [0.1, 0.15) is 24.2 Å². The fourth-order valence-electron chi connectivity index (χ4n) is 4.69. The quantitative estimate of drug-likeness (QED) is 0.173. The normalized spacial score (nSPS) is 17.5. The van der Waals surface area contributed by atoms with Gasteiger partial charge < -0.3 is 24.4 Å². The number of halogens is 1. The molecule has 0 saturated carbocycles. The highest BCUT2D eigenvalue weighted by atomic mass is 19.1. The molecule has 1 saturated heterocycles. The zero-order chi connectivity index (χ0) is 30.9. The van der Waals surface area contributed by atoms with E-state index < -0.39 is 30.2 Å². The van der Waals surface area contributed by atoms with Crippen LogP contribution in [0, 0.1) is 5.82 Å². The zero-order valence-electron chi connectivity index (χ0n) is 24.1. The second kappa shape index (κ2) is 14.4. The van der Waals surface area contributed by atoms with E-state index in [2.05, 4.69) is 25.8 Å². The highest BCUT2D eigenvalue weighted by Gasteiger charge is 2.33. The first kappa shape index (κ1) is 30.4. The van der Waals surface area contributed by atoms with Crippen molar-refractivity contribution in [3.05, 3.63) is 60.4 Å². The number of ether oxygens (including phenoxy) is 3. The smallest absolute Gasteiger partial charge is 0.414 e. The van der Waals surface area contributed by atoms with Crippen molar-refractivity contribution in [2.75, 3.05) is 31.2 Å². The van der Waals surface area contributed by atoms with Crippen LogP contribution in [0.3, 0.4) is 0 Å². The van der Waals surface area contributed by atoms with Crippen molar-refractivity contribution in [3.8, 4) is 11.1 Å². The van der Waals surface area contributed by atoms with Gasteiger partial charge in [-0.3, -0.25) is 14.7 Å². The zero-order valence-corrected chi connectivity index (χ0v) is 24.1. The number of unbranched alkanes of at least 4 members (excludes halogenated alkanes) is 1. The fourth-order valence-corrected chi connectivity index (χ4v) is 4.69. The summed E-state index contributed by atoms with van der Waals surface area (Å²) >= 11 is 0. The van der Waals surface area contributed by atoms with E-state index >= 15 is 4.39 Å².